The zero-order valence-corrected chi connectivity index (χ0v) is 17.7. The predicted octanol–water partition coefficient (Wildman–Crippen LogP) is 5.44. The Morgan fingerprint density at radius 1 is 1.19 bits per heavy atom. The Balaban J connectivity index is 1.47. The Bertz CT molecular complexity index is 1060. The highest BCUT2D eigenvalue weighted by Crippen LogP contribution is 2.50. The van der Waals surface area contributed by atoms with Crippen molar-refractivity contribution in [1.82, 2.24) is 4.90 Å². The van der Waals surface area contributed by atoms with Crippen molar-refractivity contribution in [1.29, 1.82) is 0 Å². The summed E-state index contributed by atoms with van der Waals surface area (Å²) in [5, 5.41) is 14.9. The van der Waals surface area contributed by atoms with Crippen molar-refractivity contribution in [3.63, 3.8) is 0 Å². The van der Waals surface area contributed by atoms with Gasteiger partial charge in [0.25, 0.3) is 11.6 Å². The number of fused-ring (bicyclic) bond motifs is 3. The Kier molecular flexibility index (Phi) is 5.00. The third-order valence-corrected chi connectivity index (χ3v) is 7.11. The van der Waals surface area contributed by atoms with Gasteiger partial charge in [-0.3, -0.25) is 14.9 Å². The number of anilines is 1. The number of nitro groups is 1. The third kappa shape index (κ3) is 3.50. The summed E-state index contributed by atoms with van der Waals surface area (Å²) in [6.07, 6.45) is 8.65. The molecule has 6 nitrogen and oxygen atoms in total. The Morgan fingerprint density at radius 2 is 2.06 bits per heavy atom. The van der Waals surface area contributed by atoms with Gasteiger partial charge in [0.05, 0.1) is 11.0 Å². The predicted molar refractivity (Wildman–Crippen MR) is 120 cm³/mol. The van der Waals surface area contributed by atoms with Crippen LogP contribution in [0.4, 0.5) is 11.4 Å². The molecule has 1 N–H and O–H groups in total. The van der Waals surface area contributed by atoms with Crippen LogP contribution >= 0.6 is 0 Å². The normalized spacial score (nSPS) is 26.7. The van der Waals surface area contributed by atoms with Gasteiger partial charge in [-0.2, -0.15) is 0 Å². The van der Waals surface area contributed by atoms with E-state index in [0.717, 1.165) is 48.2 Å². The lowest BCUT2D eigenvalue weighted by Crippen LogP contribution is -2.42. The summed E-state index contributed by atoms with van der Waals surface area (Å²) in [6.45, 7) is 2.96. The van der Waals surface area contributed by atoms with E-state index in [2.05, 4.69) is 30.5 Å². The van der Waals surface area contributed by atoms with Gasteiger partial charge in [0.2, 0.25) is 0 Å². The maximum Gasteiger partial charge on any atom is 0.269 e. The topological polar surface area (TPSA) is 75.5 Å². The number of piperidine rings is 1. The first-order valence-corrected chi connectivity index (χ1v) is 11.2. The number of allylic oxidation sites excluding steroid dienone is 2. The molecule has 0 aromatic heterocycles. The molecule has 1 saturated heterocycles. The largest absolute Gasteiger partial charge is 0.378 e. The van der Waals surface area contributed by atoms with E-state index in [1.165, 1.54) is 12.5 Å². The van der Waals surface area contributed by atoms with E-state index >= 15 is 0 Å². The number of nitrogens with zero attached hydrogens (tertiary/aromatic N) is 2. The summed E-state index contributed by atoms with van der Waals surface area (Å²) in [7, 11) is 0. The molecule has 0 saturated carbocycles. The molecule has 6 heteroatoms. The van der Waals surface area contributed by atoms with Crippen LogP contribution in [0, 0.1) is 16.0 Å². The zero-order valence-electron chi connectivity index (χ0n) is 17.7. The second kappa shape index (κ2) is 7.84. The van der Waals surface area contributed by atoms with Gasteiger partial charge in [-0.25, -0.2) is 0 Å². The van der Waals surface area contributed by atoms with Crippen LogP contribution in [-0.2, 0) is 0 Å². The lowest BCUT2D eigenvalue weighted by Gasteiger charge is -2.38. The molecular formula is C25H27N3O3. The van der Waals surface area contributed by atoms with Crippen molar-refractivity contribution >= 4 is 17.3 Å². The molecular weight excluding hydrogens is 390 g/mol. The molecule has 0 spiro atoms. The smallest absolute Gasteiger partial charge is 0.269 e. The average molecular weight is 418 g/mol. The lowest BCUT2D eigenvalue weighted by molar-refractivity contribution is -0.384. The average Bonchev–Trinajstić information content (AvgIpc) is 3.28. The van der Waals surface area contributed by atoms with Crippen LogP contribution in [-0.4, -0.2) is 28.3 Å². The fourth-order valence-electron chi connectivity index (χ4n) is 5.45. The number of carbonyl (C=O) groups is 1. The summed E-state index contributed by atoms with van der Waals surface area (Å²) < 4.78 is 0. The minimum absolute atomic E-state index is 0.00364. The Morgan fingerprint density at radius 3 is 2.87 bits per heavy atom. The van der Waals surface area contributed by atoms with E-state index in [1.54, 1.807) is 12.1 Å². The van der Waals surface area contributed by atoms with Gasteiger partial charge in [-0.1, -0.05) is 24.3 Å². The standard InChI is InChI=1S/C25H27N3O3/c1-16-6-2-3-13-27(16)25(29)18-11-12-23-22(15-18)20-9-5-10-21(20)24(26-23)17-7-4-8-19(14-17)28(30)31/h4-5,7-9,11-12,14-16,20-21,24,26H,2-3,6,10,13H2,1H3/t16-,20-,21-,24+/m1/s1. The van der Waals surface area contributed by atoms with Crippen LogP contribution in [0.25, 0.3) is 0 Å². The fourth-order valence-corrected chi connectivity index (χ4v) is 5.45. The molecule has 2 aromatic carbocycles. The Labute approximate surface area is 182 Å². The molecule has 0 unspecified atom stereocenters. The number of nitro benzene ring substituents is 1. The number of likely N-dealkylation sites (tertiary alicyclic amines) is 1. The lowest BCUT2D eigenvalue weighted by atomic mass is 9.76. The molecule has 2 aliphatic heterocycles. The van der Waals surface area contributed by atoms with Gasteiger partial charge in [0, 0.05) is 41.9 Å². The monoisotopic (exact) mass is 417 g/mol. The van der Waals surface area contributed by atoms with E-state index in [1.807, 2.05) is 23.1 Å². The number of hydrogen-bond donors (Lipinski definition) is 1. The van der Waals surface area contributed by atoms with Gasteiger partial charge >= 0.3 is 0 Å². The summed E-state index contributed by atoms with van der Waals surface area (Å²) in [6, 6.07) is 13.2. The summed E-state index contributed by atoms with van der Waals surface area (Å²) >= 11 is 0. The highest BCUT2D eigenvalue weighted by atomic mass is 16.6. The van der Waals surface area contributed by atoms with Crippen molar-refractivity contribution in [2.75, 3.05) is 11.9 Å². The second-order valence-corrected chi connectivity index (χ2v) is 8.97. The minimum atomic E-state index is -0.343. The Hall–Kier alpha value is -3.15. The van der Waals surface area contributed by atoms with Gasteiger partial charge in [-0.15, -0.1) is 0 Å². The van der Waals surface area contributed by atoms with E-state index in [0.29, 0.717) is 0 Å². The molecule has 3 aliphatic rings. The fraction of sp³-hybridized carbons (Fsp3) is 0.400. The highest BCUT2D eigenvalue weighted by Gasteiger charge is 2.38. The first kappa shape index (κ1) is 19.8. The second-order valence-electron chi connectivity index (χ2n) is 8.97. The molecule has 1 fully saturated rings. The van der Waals surface area contributed by atoms with Crippen LogP contribution in [0.2, 0.25) is 0 Å². The van der Waals surface area contributed by atoms with Gasteiger partial charge in [0.15, 0.2) is 0 Å². The first-order chi connectivity index (χ1) is 15.0. The number of benzene rings is 2. The summed E-state index contributed by atoms with van der Waals surface area (Å²) in [5.41, 5.74) is 3.95. The van der Waals surface area contributed by atoms with Crippen molar-refractivity contribution in [2.24, 2.45) is 5.92 Å². The SMILES string of the molecule is C[C@@H]1CCCCN1C(=O)c1ccc2c(c1)[C@@H]1C=CC[C@H]1[C@H](c1cccc([N+](=O)[O-])c1)N2. The quantitative estimate of drug-likeness (QED) is 0.410. The summed E-state index contributed by atoms with van der Waals surface area (Å²) in [4.78, 5) is 26.1. The van der Waals surface area contributed by atoms with Crippen LogP contribution in [0.3, 0.4) is 0 Å². The number of nitrogens with one attached hydrogen (secondary N) is 1. The molecule has 4 atom stereocenters. The van der Waals surface area contributed by atoms with E-state index < -0.39 is 0 Å². The van der Waals surface area contributed by atoms with E-state index in [9.17, 15) is 14.9 Å². The molecule has 1 aliphatic carbocycles. The van der Waals surface area contributed by atoms with Crippen LogP contribution in [0.1, 0.15) is 66.1 Å². The minimum Gasteiger partial charge on any atom is -0.378 e. The van der Waals surface area contributed by atoms with Crippen molar-refractivity contribution < 1.29 is 9.72 Å². The number of non-ortho nitro benzene ring substituents is 1. The molecule has 5 rings (SSSR count). The maximum atomic E-state index is 13.2. The number of carbonyl (C=O) groups excluding carboxylic acids is 1. The molecule has 0 radical (unpaired) electrons. The third-order valence-electron chi connectivity index (χ3n) is 7.11. The molecule has 2 aromatic rings. The van der Waals surface area contributed by atoms with Gasteiger partial charge in [0.1, 0.15) is 0 Å². The number of amides is 1. The zero-order chi connectivity index (χ0) is 21.5. The maximum absolute atomic E-state index is 13.2. The molecule has 31 heavy (non-hydrogen) atoms. The van der Waals surface area contributed by atoms with Crippen molar-refractivity contribution in [3.05, 3.63) is 81.4 Å². The highest BCUT2D eigenvalue weighted by molar-refractivity contribution is 5.95. The molecule has 1 amide bonds. The summed E-state index contributed by atoms with van der Waals surface area (Å²) in [5.74, 6) is 0.593. The van der Waals surface area contributed by atoms with Crippen LogP contribution in [0.15, 0.2) is 54.6 Å². The van der Waals surface area contributed by atoms with E-state index in [-0.39, 0.29) is 40.4 Å². The molecule has 160 valence electrons. The molecule has 0 bridgehead atoms. The first-order valence-electron chi connectivity index (χ1n) is 11.2. The van der Waals surface area contributed by atoms with Gasteiger partial charge in [-0.05, 0) is 67.9 Å². The van der Waals surface area contributed by atoms with Gasteiger partial charge < -0.3 is 10.2 Å². The van der Waals surface area contributed by atoms with Crippen molar-refractivity contribution in [3.8, 4) is 0 Å². The number of hydrogen-bond acceptors (Lipinski definition) is 4. The molecule has 2 heterocycles. The van der Waals surface area contributed by atoms with Crippen molar-refractivity contribution in [2.45, 2.75) is 50.6 Å². The van der Waals surface area contributed by atoms with Crippen LogP contribution < -0.4 is 5.32 Å². The van der Waals surface area contributed by atoms with Crippen LogP contribution in [0.5, 0.6) is 0 Å². The number of rotatable bonds is 3. The van der Waals surface area contributed by atoms with E-state index in [4.69, 9.17) is 0 Å².